The van der Waals surface area contributed by atoms with Gasteiger partial charge in [-0.25, -0.2) is 0 Å². The summed E-state index contributed by atoms with van der Waals surface area (Å²) in [6, 6.07) is 8.86. The van der Waals surface area contributed by atoms with Gasteiger partial charge in [0.2, 0.25) is 0 Å². The van der Waals surface area contributed by atoms with Crippen LogP contribution in [-0.2, 0) is 0 Å². The molecule has 0 heterocycles. The van der Waals surface area contributed by atoms with Crippen LogP contribution in [0, 0.1) is 0 Å². The van der Waals surface area contributed by atoms with Crippen LogP contribution < -0.4 is 5.73 Å². The summed E-state index contributed by atoms with van der Waals surface area (Å²) in [5.74, 6) is 0.837. The summed E-state index contributed by atoms with van der Waals surface area (Å²) >= 11 is 0. The smallest absolute Gasteiger partial charge is 0.0266 e. The minimum absolute atomic E-state index is 0. The van der Waals surface area contributed by atoms with Crippen molar-refractivity contribution in [2.24, 2.45) is 5.73 Å². The monoisotopic (exact) mass is 197 g/mol. The molecule has 0 saturated heterocycles. The number of nitrogens with two attached hydrogens (primary N) is 1. The topological polar surface area (TPSA) is 26.0 Å². The Kier molecular flexibility index (Phi) is 3.34. The van der Waals surface area contributed by atoms with E-state index < -0.39 is 0 Å². The van der Waals surface area contributed by atoms with Crippen LogP contribution in [0.15, 0.2) is 24.3 Å². The molecule has 1 nitrogen and oxygen atoms in total. The van der Waals surface area contributed by atoms with Gasteiger partial charge in [0.25, 0.3) is 0 Å². The largest absolute Gasteiger partial charge is 0.324 e. The zero-order valence-corrected chi connectivity index (χ0v) is 8.68. The lowest BCUT2D eigenvalue weighted by atomic mass is 10.0. The number of hydrogen-bond acceptors (Lipinski definition) is 1. The molecule has 1 fully saturated rings. The van der Waals surface area contributed by atoms with E-state index in [-0.39, 0.29) is 18.4 Å². The Morgan fingerprint density at radius 3 is 2.62 bits per heavy atom. The van der Waals surface area contributed by atoms with E-state index in [1.807, 2.05) is 6.92 Å². The fourth-order valence-electron chi connectivity index (χ4n) is 1.51. The van der Waals surface area contributed by atoms with Crippen LogP contribution >= 0.6 is 12.4 Å². The summed E-state index contributed by atoms with van der Waals surface area (Å²) < 4.78 is 0. The van der Waals surface area contributed by atoms with E-state index in [4.69, 9.17) is 5.73 Å². The van der Waals surface area contributed by atoms with Crippen LogP contribution in [0.25, 0.3) is 0 Å². The highest BCUT2D eigenvalue weighted by atomic mass is 35.5. The van der Waals surface area contributed by atoms with Crippen molar-refractivity contribution in [2.75, 3.05) is 0 Å². The molecule has 1 aliphatic carbocycles. The quantitative estimate of drug-likeness (QED) is 0.775. The molecule has 13 heavy (non-hydrogen) atoms. The van der Waals surface area contributed by atoms with Gasteiger partial charge in [-0.3, -0.25) is 0 Å². The average Bonchev–Trinajstić information content (AvgIpc) is 2.87. The highest BCUT2D eigenvalue weighted by Gasteiger charge is 2.23. The van der Waals surface area contributed by atoms with Crippen molar-refractivity contribution < 1.29 is 0 Å². The van der Waals surface area contributed by atoms with Crippen molar-refractivity contribution in [3.05, 3.63) is 35.4 Å². The van der Waals surface area contributed by atoms with E-state index in [1.165, 1.54) is 24.0 Å². The molecule has 0 bridgehead atoms. The minimum Gasteiger partial charge on any atom is -0.324 e. The van der Waals surface area contributed by atoms with Crippen molar-refractivity contribution in [3.8, 4) is 0 Å². The Hall–Kier alpha value is -0.530. The van der Waals surface area contributed by atoms with Crippen LogP contribution in [0.5, 0.6) is 0 Å². The maximum atomic E-state index is 5.80. The van der Waals surface area contributed by atoms with E-state index in [0.29, 0.717) is 0 Å². The first kappa shape index (κ1) is 10.6. The third-order valence-corrected chi connectivity index (χ3v) is 2.49. The zero-order valence-electron chi connectivity index (χ0n) is 7.86. The standard InChI is InChI=1S/C11H15N.ClH/c1-8(12)10-3-2-4-11(7-10)9-5-6-9;/h2-4,7-9H,5-6,12H2,1H3;1H/t8-;/m0./s1. The third-order valence-electron chi connectivity index (χ3n) is 2.49. The molecule has 0 amide bonds. The molecule has 0 aromatic heterocycles. The molecule has 0 aliphatic heterocycles. The van der Waals surface area contributed by atoms with E-state index in [9.17, 15) is 0 Å². The second-order valence-electron chi connectivity index (χ2n) is 3.73. The molecular weight excluding hydrogens is 182 g/mol. The van der Waals surface area contributed by atoms with Crippen molar-refractivity contribution in [3.63, 3.8) is 0 Å². The minimum atomic E-state index is 0. The number of hydrogen-bond donors (Lipinski definition) is 1. The van der Waals surface area contributed by atoms with Crippen LogP contribution in [0.4, 0.5) is 0 Å². The van der Waals surface area contributed by atoms with E-state index in [2.05, 4.69) is 24.3 Å². The van der Waals surface area contributed by atoms with Crippen LogP contribution in [0.1, 0.15) is 42.9 Å². The van der Waals surface area contributed by atoms with Crippen molar-refractivity contribution in [1.29, 1.82) is 0 Å². The molecular formula is C11H16ClN. The second kappa shape index (κ2) is 4.12. The van der Waals surface area contributed by atoms with E-state index in [1.54, 1.807) is 0 Å². The summed E-state index contributed by atoms with van der Waals surface area (Å²) in [4.78, 5) is 0. The normalized spacial score (nSPS) is 17.7. The maximum Gasteiger partial charge on any atom is 0.0266 e. The molecule has 2 rings (SSSR count). The van der Waals surface area contributed by atoms with Crippen molar-refractivity contribution >= 4 is 12.4 Å². The molecule has 1 aromatic rings. The van der Waals surface area contributed by atoms with Gasteiger partial charge in [-0.15, -0.1) is 12.4 Å². The molecule has 2 heteroatoms. The van der Waals surface area contributed by atoms with E-state index >= 15 is 0 Å². The maximum absolute atomic E-state index is 5.80. The SMILES string of the molecule is C[C@H](N)c1cccc(C2CC2)c1.Cl. The Labute approximate surface area is 85.7 Å². The highest BCUT2D eigenvalue weighted by molar-refractivity contribution is 5.85. The van der Waals surface area contributed by atoms with Crippen LogP contribution in [-0.4, -0.2) is 0 Å². The summed E-state index contributed by atoms with van der Waals surface area (Å²) in [6.45, 7) is 2.03. The molecule has 1 saturated carbocycles. The molecule has 1 aliphatic rings. The Bertz CT molecular complexity index is 262. The van der Waals surface area contributed by atoms with Gasteiger partial charge in [0, 0.05) is 6.04 Å². The van der Waals surface area contributed by atoms with Gasteiger partial charge >= 0.3 is 0 Å². The van der Waals surface area contributed by atoms with Gasteiger partial charge in [0.05, 0.1) is 0 Å². The lowest BCUT2D eigenvalue weighted by Crippen LogP contribution is -2.04. The fraction of sp³-hybridized carbons (Fsp3) is 0.455. The van der Waals surface area contributed by atoms with Crippen LogP contribution in [0.3, 0.4) is 0 Å². The first-order chi connectivity index (χ1) is 5.77. The van der Waals surface area contributed by atoms with Gasteiger partial charge in [-0.1, -0.05) is 24.3 Å². The number of benzene rings is 1. The van der Waals surface area contributed by atoms with E-state index in [0.717, 1.165) is 5.92 Å². The predicted octanol–water partition coefficient (Wildman–Crippen LogP) is 3.01. The van der Waals surface area contributed by atoms with Gasteiger partial charge < -0.3 is 5.73 Å². The number of rotatable bonds is 2. The zero-order chi connectivity index (χ0) is 8.55. The van der Waals surface area contributed by atoms with Gasteiger partial charge in [-0.2, -0.15) is 0 Å². The molecule has 1 aromatic carbocycles. The molecule has 0 radical (unpaired) electrons. The van der Waals surface area contributed by atoms with Gasteiger partial charge in [0.1, 0.15) is 0 Å². The Balaban J connectivity index is 0.000000845. The Morgan fingerprint density at radius 2 is 2.08 bits per heavy atom. The molecule has 0 spiro atoms. The summed E-state index contributed by atoms with van der Waals surface area (Å²) in [6.07, 6.45) is 2.73. The lowest BCUT2D eigenvalue weighted by molar-refractivity contribution is 0.815. The third kappa shape index (κ3) is 2.45. The number of halogens is 1. The summed E-state index contributed by atoms with van der Waals surface area (Å²) in [5.41, 5.74) is 8.54. The first-order valence-electron chi connectivity index (χ1n) is 4.63. The summed E-state index contributed by atoms with van der Waals surface area (Å²) in [7, 11) is 0. The second-order valence-corrected chi connectivity index (χ2v) is 3.73. The lowest BCUT2D eigenvalue weighted by Gasteiger charge is -2.06. The first-order valence-corrected chi connectivity index (χ1v) is 4.63. The summed E-state index contributed by atoms with van der Waals surface area (Å²) in [5, 5.41) is 0. The van der Waals surface area contributed by atoms with Gasteiger partial charge in [-0.05, 0) is 36.8 Å². The molecule has 2 N–H and O–H groups in total. The van der Waals surface area contributed by atoms with Crippen molar-refractivity contribution in [2.45, 2.75) is 31.7 Å². The highest BCUT2D eigenvalue weighted by Crippen LogP contribution is 2.40. The predicted molar refractivity (Wildman–Crippen MR) is 58.3 cm³/mol. The fourth-order valence-corrected chi connectivity index (χ4v) is 1.51. The molecule has 72 valence electrons. The van der Waals surface area contributed by atoms with Gasteiger partial charge in [0.15, 0.2) is 0 Å². The molecule has 0 unspecified atom stereocenters. The van der Waals surface area contributed by atoms with Crippen molar-refractivity contribution in [1.82, 2.24) is 0 Å². The Morgan fingerprint density at radius 1 is 1.38 bits per heavy atom. The average molecular weight is 198 g/mol. The molecule has 1 atom stereocenters. The van der Waals surface area contributed by atoms with Crippen LogP contribution in [0.2, 0.25) is 0 Å².